The zero-order valence-corrected chi connectivity index (χ0v) is 79.0. The molecule has 0 N–H and O–H groups in total. The summed E-state index contributed by atoms with van der Waals surface area (Å²) in [4.78, 5) is 9.57. The highest BCUT2D eigenvalue weighted by atomic mass is 16.5. The van der Waals surface area contributed by atoms with Gasteiger partial charge in [0.1, 0.15) is 33.8 Å². The van der Waals surface area contributed by atoms with Gasteiger partial charge in [-0.25, -0.2) is 0 Å². The van der Waals surface area contributed by atoms with Gasteiger partial charge >= 0.3 is 0 Å². The number of methoxy groups -OCH3 is 2. The second-order valence-electron chi connectivity index (χ2n) is 38.5. The summed E-state index contributed by atoms with van der Waals surface area (Å²) in [6.07, 6.45) is 1.97. The molecule has 0 amide bonds. The Hall–Kier alpha value is -15.6. The lowest BCUT2D eigenvalue weighted by molar-refractivity contribution is 0.414. The van der Waals surface area contributed by atoms with E-state index < -0.39 is 0 Å². The Morgan fingerprint density at radius 2 is 0.504 bits per heavy atom. The van der Waals surface area contributed by atoms with E-state index in [0.29, 0.717) is 0 Å². The maximum Gasteiger partial charge on any atom is 0.135 e. The van der Waals surface area contributed by atoms with Crippen LogP contribution in [0.5, 0.6) is 11.5 Å². The number of hydrogen-bond acceptors (Lipinski definition) is 8. The largest absolute Gasteiger partial charge is 0.497 e. The summed E-state index contributed by atoms with van der Waals surface area (Å²) < 4.78 is 23.8. The van der Waals surface area contributed by atoms with Crippen molar-refractivity contribution in [3.8, 4) is 56.0 Å². The van der Waals surface area contributed by atoms with E-state index in [9.17, 15) is 0 Å². The molecule has 2 unspecified atom stereocenters. The van der Waals surface area contributed by atoms with E-state index >= 15 is 0 Å². The van der Waals surface area contributed by atoms with Crippen LogP contribution in [0.4, 0.5) is 68.2 Å². The van der Waals surface area contributed by atoms with Gasteiger partial charge in [-0.15, -0.1) is 0 Å². The third kappa shape index (κ3) is 15.9. The first-order valence-electron chi connectivity index (χ1n) is 47.0. The van der Waals surface area contributed by atoms with E-state index in [1.165, 1.54) is 106 Å². The van der Waals surface area contributed by atoms with Gasteiger partial charge in [0, 0.05) is 101 Å². The fourth-order valence-electron chi connectivity index (χ4n) is 22.1. The van der Waals surface area contributed by atoms with Crippen molar-refractivity contribution in [1.29, 1.82) is 0 Å². The summed E-state index contributed by atoms with van der Waals surface area (Å²) in [5.74, 6) is 1.66. The van der Waals surface area contributed by atoms with Crippen LogP contribution in [0.25, 0.3) is 88.4 Å². The number of hydrogen-bond donors (Lipinski definition) is 0. The molecule has 0 saturated carbocycles. The van der Waals surface area contributed by atoms with Crippen LogP contribution in [-0.2, 0) is 21.7 Å². The number of para-hydroxylation sites is 2. The smallest absolute Gasteiger partial charge is 0.135 e. The van der Waals surface area contributed by atoms with Crippen molar-refractivity contribution in [2.24, 2.45) is 0 Å². The van der Waals surface area contributed by atoms with Gasteiger partial charge in [0.2, 0.25) is 0 Å². The Labute approximate surface area is 793 Å². The van der Waals surface area contributed by atoms with Crippen LogP contribution in [0.15, 0.2) is 415 Å². The topological polar surface area (TPSA) is 57.7 Å². The molecule has 2 aliphatic rings. The third-order valence-corrected chi connectivity index (χ3v) is 28.8. The van der Waals surface area contributed by atoms with Gasteiger partial charge in [0.05, 0.1) is 14.2 Å². The van der Waals surface area contributed by atoms with Crippen LogP contribution in [0, 0.1) is 34.6 Å². The summed E-state index contributed by atoms with van der Waals surface area (Å²) in [7, 11) is 3.43. The molecule has 0 fully saturated rings. The first-order valence-corrected chi connectivity index (χ1v) is 47.0. The number of aryl methyl sites for hydroxylation is 5. The maximum absolute atomic E-state index is 6.36. The van der Waals surface area contributed by atoms with Crippen LogP contribution in [-0.4, -0.2) is 14.2 Å². The molecule has 2 atom stereocenters. The molecule has 0 saturated heterocycles. The first-order chi connectivity index (χ1) is 65.6. The van der Waals surface area contributed by atoms with Gasteiger partial charge in [-0.3, -0.25) is 0 Å². The van der Waals surface area contributed by atoms with Crippen LogP contribution >= 0.6 is 0 Å². The van der Waals surface area contributed by atoms with E-state index in [2.05, 4.69) is 460 Å². The molecule has 0 aliphatic heterocycles. The summed E-state index contributed by atoms with van der Waals surface area (Å²) in [6, 6.07) is 148. The van der Waals surface area contributed by atoms with E-state index in [0.717, 1.165) is 136 Å². The van der Waals surface area contributed by atoms with Crippen LogP contribution < -0.4 is 29.1 Å². The van der Waals surface area contributed by atoms with Gasteiger partial charge < -0.3 is 37.9 Å². The molecular formula is C127H110N4O4. The minimum absolute atomic E-state index is 0.0264. The van der Waals surface area contributed by atoms with E-state index in [4.69, 9.17) is 18.3 Å². The lowest BCUT2D eigenvalue weighted by Gasteiger charge is -2.31. The highest BCUT2D eigenvalue weighted by Crippen LogP contribution is 2.58. The second kappa shape index (κ2) is 34.8. The highest BCUT2D eigenvalue weighted by molar-refractivity contribution is 6.08. The number of fused-ring (bicyclic) bond motifs is 8. The number of anilines is 12. The number of ether oxygens (including phenoxy) is 2. The van der Waals surface area contributed by atoms with E-state index in [-0.39, 0.29) is 21.7 Å². The van der Waals surface area contributed by atoms with Gasteiger partial charge in [-0.05, 0) is 358 Å². The van der Waals surface area contributed by atoms with Gasteiger partial charge in [0.25, 0.3) is 0 Å². The number of benzene rings is 18. The van der Waals surface area contributed by atoms with Crippen molar-refractivity contribution in [2.75, 3.05) is 33.8 Å². The second-order valence-corrected chi connectivity index (χ2v) is 38.5. The van der Waals surface area contributed by atoms with Gasteiger partial charge in [0.15, 0.2) is 0 Å². The molecule has 18 aromatic carbocycles. The Morgan fingerprint density at radius 1 is 0.215 bits per heavy atom. The molecule has 2 aromatic heterocycles. The summed E-state index contributed by atoms with van der Waals surface area (Å²) in [5.41, 5.74) is 40.2. The molecule has 0 spiro atoms. The Morgan fingerprint density at radius 3 is 0.911 bits per heavy atom. The number of nitrogens with zero attached hydrogens (tertiary/aromatic N) is 4. The standard InChI is InChI=1S/C69H56N2O2.C58H54N2O2/c1-44-16-10-11-19-56(44)57-34-29-51(39-46(57)3)71(53-32-37-67-61(41-53)59-21-13-15-23-65(59)73-67)54-30-35-62-63(42-54)69(6,43-68(62,4)5)48-24-26-49(27-25-48)70(50-28-33-55(45(2)38-50)47-17-8-7-9-18-47)52-31-36-66-60(40-52)58-20-12-14-22-64(58)72-66;1-40-18-22-48(36-53(40)42-14-10-8-11-15-42)59(46-26-31-51(61-6)32-27-46)45-24-20-44(21-25-45)58(5)39-57(3,4)55-35-30-50(38-56(55)58)60(47-28-33-52(62-7)34-29-47)49-23-19-41(2)54(37-49)43-16-12-9-13-17-43/h7-42H,43H2,1-6H3;8-38H,39H2,1-7H3. The quantitative estimate of drug-likeness (QED) is 0.0748. The van der Waals surface area contributed by atoms with Crippen molar-refractivity contribution < 1.29 is 18.3 Å². The van der Waals surface area contributed by atoms with Crippen LogP contribution in [0.3, 0.4) is 0 Å². The zero-order valence-electron chi connectivity index (χ0n) is 79.0. The molecular weight excluding hydrogens is 1650 g/mol. The highest BCUT2D eigenvalue weighted by Gasteiger charge is 2.48. The van der Waals surface area contributed by atoms with Gasteiger partial charge in [-0.2, -0.15) is 0 Å². The molecule has 135 heavy (non-hydrogen) atoms. The minimum atomic E-state index is -0.276. The Bertz CT molecular complexity index is 7850. The molecule has 0 bridgehead atoms. The third-order valence-electron chi connectivity index (χ3n) is 28.8. The Kier molecular flexibility index (Phi) is 22.2. The van der Waals surface area contributed by atoms with Crippen molar-refractivity contribution in [2.45, 2.75) is 111 Å². The number of furan rings is 2. The predicted molar refractivity (Wildman–Crippen MR) is 566 cm³/mol. The summed E-state index contributed by atoms with van der Waals surface area (Å²) >= 11 is 0. The van der Waals surface area contributed by atoms with Crippen molar-refractivity contribution in [3.63, 3.8) is 0 Å². The average molecular weight is 1760 g/mol. The van der Waals surface area contributed by atoms with Crippen molar-refractivity contribution >= 4 is 112 Å². The van der Waals surface area contributed by atoms with Crippen LogP contribution in [0.2, 0.25) is 0 Å². The molecule has 2 heterocycles. The molecule has 0 radical (unpaired) electrons. The minimum Gasteiger partial charge on any atom is -0.497 e. The molecule has 8 nitrogen and oxygen atoms in total. The van der Waals surface area contributed by atoms with Gasteiger partial charge in [-0.1, -0.05) is 254 Å². The van der Waals surface area contributed by atoms with E-state index in [1.54, 1.807) is 14.2 Å². The molecule has 2 aliphatic carbocycles. The fraction of sp³-hybridized carbons (Fsp3) is 0.150. The van der Waals surface area contributed by atoms with E-state index in [1.807, 2.05) is 42.5 Å². The number of rotatable bonds is 20. The molecule has 8 heteroatoms. The lowest BCUT2D eigenvalue weighted by atomic mass is 9.75. The van der Waals surface area contributed by atoms with Crippen molar-refractivity contribution in [1.82, 2.24) is 0 Å². The average Bonchev–Trinajstić information content (AvgIpc) is 1.57. The monoisotopic (exact) mass is 1750 g/mol. The summed E-state index contributed by atoms with van der Waals surface area (Å²) in [6.45, 7) is 25.5. The fourth-order valence-corrected chi connectivity index (χ4v) is 22.1. The molecule has 22 rings (SSSR count). The SMILES string of the molecule is COc1ccc(N(c2ccc(C3(C)CC(C)(C)c4ccc(N(c5ccc(OC)cc5)c5ccc(C)c(-c6ccccc6)c5)cc43)cc2)c2ccc(C)c(-c3ccccc3)c2)cc1.Cc1cc(N(c2ccc(C3(C)CC(C)(C)c4ccc(N(c5ccc(-c6ccccc6C)c(C)c5)c5ccc6oc7ccccc7c6c5)cc43)cc2)c2ccc3oc4ccccc4c3c2)ccc1-c1ccccc1. The Balaban J connectivity index is 0.000000164. The lowest BCUT2D eigenvalue weighted by Crippen LogP contribution is -2.23. The summed E-state index contributed by atoms with van der Waals surface area (Å²) in [5, 5.41) is 4.44. The first kappa shape index (κ1) is 86.1. The maximum atomic E-state index is 6.36. The van der Waals surface area contributed by atoms with Crippen LogP contribution in [0.1, 0.15) is 116 Å². The normalized spacial score (nSPS) is 15.1. The predicted octanol–water partition coefficient (Wildman–Crippen LogP) is 35.3. The zero-order chi connectivity index (χ0) is 92.6. The molecule has 20 aromatic rings. The molecule has 662 valence electrons. The van der Waals surface area contributed by atoms with Crippen molar-refractivity contribution in [3.05, 3.63) is 468 Å².